The Morgan fingerprint density at radius 2 is 1.07 bits per heavy atom. The number of thiophene rings is 2. The highest BCUT2D eigenvalue weighted by molar-refractivity contribution is 7.13. The van der Waals surface area contributed by atoms with Crippen LogP contribution in [0, 0.1) is 13.8 Å². The van der Waals surface area contributed by atoms with Crippen LogP contribution < -0.4 is 0 Å². The third kappa shape index (κ3) is 4.71. The molecule has 4 aromatic heterocycles. The molecule has 0 aliphatic carbocycles. The first-order valence-corrected chi connectivity index (χ1v) is 10.7. The van der Waals surface area contributed by atoms with Gasteiger partial charge in [0.05, 0.1) is 11.4 Å². The molecule has 4 rings (SSSR count). The lowest BCUT2D eigenvalue weighted by Crippen LogP contribution is -1.88. The van der Waals surface area contributed by atoms with E-state index in [4.69, 9.17) is 0 Å². The fraction of sp³-hybridized carbons (Fsp3) is 0.0833. The monoisotopic (exact) mass is 400 g/mol. The Bertz CT molecular complexity index is 1060. The van der Waals surface area contributed by atoms with Crippen molar-refractivity contribution in [3.05, 3.63) is 91.6 Å². The van der Waals surface area contributed by atoms with Crippen LogP contribution in [0.2, 0.25) is 0 Å². The van der Waals surface area contributed by atoms with Crippen LogP contribution in [0.25, 0.3) is 35.7 Å². The highest BCUT2D eigenvalue weighted by Gasteiger charge is 2.03. The number of aromatic nitrogens is 2. The summed E-state index contributed by atoms with van der Waals surface area (Å²) in [6.45, 7) is 4.25. The van der Waals surface area contributed by atoms with E-state index in [-0.39, 0.29) is 0 Å². The molecule has 0 aliphatic rings. The van der Waals surface area contributed by atoms with E-state index in [1.54, 1.807) is 22.7 Å². The summed E-state index contributed by atoms with van der Waals surface area (Å²) in [5, 5.41) is 0. The van der Waals surface area contributed by atoms with E-state index in [1.807, 2.05) is 24.5 Å². The van der Waals surface area contributed by atoms with Crippen molar-refractivity contribution in [2.45, 2.75) is 13.8 Å². The maximum absolute atomic E-state index is 4.52. The zero-order valence-electron chi connectivity index (χ0n) is 15.8. The summed E-state index contributed by atoms with van der Waals surface area (Å²) in [5.74, 6) is 0. The molecule has 0 unspecified atom stereocenters. The van der Waals surface area contributed by atoms with Crippen LogP contribution in [0.15, 0.2) is 60.9 Å². The van der Waals surface area contributed by atoms with E-state index in [1.165, 1.54) is 19.5 Å². The lowest BCUT2D eigenvalue weighted by Gasteiger charge is -2.03. The molecular formula is C24H20N2S2. The van der Waals surface area contributed by atoms with Crippen molar-refractivity contribution in [3.8, 4) is 11.4 Å². The van der Waals surface area contributed by atoms with Crippen molar-refractivity contribution in [2.75, 3.05) is 0 Å². The van der Waals surface area contributed by atoms with Gasteiger partial charge in [0.1, 0.15) is 0 Å². The van der Waals surface area contributed by atoms with E-state index >= 15 is 0 Å². The molecule has 138 valence electrons. The first kappa shape index (κ1) is 18.5. The molecule has 0 amide bonds. The molecule has 4 heterocycles. The minimum absolute atomic E-state index is 0.881. The zero-order valence-corrected chi connectivity index (χ0v) is 17.4. The van der Waals surface area contributed by atoms with E-state index in [2.05, 4.69) is 84.5 Å². The van der Waals surface area contributed by atoms with Crippen molar-refractivity contribution in [1.29, 1.82) is 0 Å². The van der Waals surface area contributed by atoms with Gasteiger partial charge in [-0.05, 0) is 85.7 Å². The molecular weight excluding hydrogens is 380 g/mol. The van der Waals surface area contributed by atoms with Gasteiger partial charge in [-0.15, -0.1) is 22.7 Å². The summed E-state index contributed by atoms with van der Waals surface area (Å²) < 4.78 is 0. The molecule has 0 saturated heterocycles. The van der Waals surface area contributed by atoms with Gasteiger partial charge in [-0.1, -0.05) is 12.2 Å². The molecule has 0 aromatic carbocycles. The number of hydrogen-bond donors (Lipinski definition) is 0. The van der Waals surface area contributed by atoms with Crippen LogP contribution >= 0.6 is 22.7 Å². The Kier molecular flexibility index (Phi) is 5.60. The number of rotatable bonds is 5. The molecule has 0 bridgehead atoms. The number of pyridine rings is 2. The van der Waals surface area contributed by atoms with E-state index in [0.717, 1.165) is 22.5 Å². The molecule has 0 N–H and O–H groups in total. The van der Waals surface area contributed by atoms with Gasteiger partial charge < -0.3 is 0 Å². The summed E-state index contributed by atoms with van der Waals surface area (Å²) in [7, 11) is 0. The minimum atomic E-state index is 0.881. The van der Waals surface area contributed by atoms with Crippen molar-refractivity contribution >= 4 is 47.0 Å². The molecule has 4 aromatic rings. The molecule has 0 radical (unpaired) electrons. The highest BCUT2D eigenvalue weighted by Crippen LogP contribution is 2.22. The Morgan fingerprint density at radius 3 is 1.46 bits per heavy atom. The van der Waals surface area contributed by atoms with Crippen molar-refractivity contribution in [3.63, 3.8) is 0 Å². The van der Waals surface area contributed by atoms with Gasteiger partial charge in [-0.3, -0.25) is 9.97 Å². The predicted molar refractivity (Wildman–Crippen MR) is 123 cm³/mol. The van der Waals surface area contributed by atoms with Crippen LogP contribution in [0.3, 0.4) is 0 Å². The van der Waals surface area contributed by atoms with Crippen molar-refractivity contribution < 1.29 is 0 Å². The average molecular weight is 401 g/mol. The standard InChI is InChI=1S/C24H20N2S2/c1-17-3-7-21(27-17)9-5-19-11-13-25-23(15-19)24-16-20(12-14-26-24)6-10-22-8-4-18(2)28-22/h3-16H,1-2H3/b9-5+,10-6+. The third-order valence-electron chi connectivity index (χ3n) is 4.23. The van der Waals surface area contributed by atoms with Crippen LogP contribution in [0.1, 0.15) is 30.6 Å². The van der Waals surface area contributed by atoms with Crippen LogP contribution in [-0.4, -0.2) is 9.97 Å². The topological polar surface area (TPSA) is 25.8 Å². The van der Waals surface area contributed by atoms with E-state index < -0.39 is 0 Å². The summed E-state index contributed by atoms with van der Waals surface area (Å²) in [6, 6.07) is 16.8. The Labute approximate surface area is 173 Å². The predicted octanol–water partition coefficient (Wildman–Crippen LogP) is 7.22. The normalized spacial score (nSPS) is 11.6. The fourth-order valence-corrected chi connectivity index (χ4v) is 4.38. The summed E-state index contributed by atoms with van der Waals surface area (Å²) >= 11 is 3.59. The number of hydrogen-bond acceptors (Lipinski definition) is 4. The molecule has 4 heteroatoms. The molecule has 0 aliphatic heterocycles. The minimum Gasteiger partial charge on any atom is -0.255 e. The molecule has 28 heavy (non-hydrogen) atoms. The Hall–Kier alpha value is -2.82. The third-order valence-corrected chi connectivity index (χ3v) is 6.16. The van der Waals surface area contributed by atoms with Gasteiger partial charge in [-0.2, -0.15) is 0 Å². The average Bonchev–Trinajstić information content (AvgIpc) is 3.33. The quantitative estimate of drug-likeness (QED) is 0.353. The molecule has 0 spiro atoms. The molecule has 0 saturated carbocycles. The first-order chi connectivity index (χ1) is 13.7. The zero-order chi connectivity index (χ0) is 19.3. The fourth-order valence-electron chi connectivity index (χ4n) is 2.82. The first-order valence-electron chi connectivity index (χ1n) is 9.07. The maximum Gasteiger partial charge on any atom is 0.0892 e. The smallest absolute Gasteiger partial charge is 0.0892 e. The lowest BCUT2D eigenvalue weighted by molar-refractivity contribution is 1.24. The van der Waals surface area contributed by atoms with E-state index in [0.29, 0.717) is 0 Å². The Morgan fingerprint density at radius 1 is 0.607 bits per heavy atom. The summed E-state index contributed by atoms with van der Waals surface area (Å²) in [4.78, 5) is 14.2. The largest absolute Gasteiger partial charge is 0.255 e. The maximum atomic E-state index is 4.52. The molecule has 2 nitrogen and oxygen atoms in total. The second-order valence-electron chi connectivity index (χ2n) is 6.51. The van der Waals surface area contributed by atoms with Crippen LogP contribution in [0.4, 0.5) is 0 Å². The second-order valence-corrected chi connectivity index (χ2v) is 9.15. The molecule has 0 atom stereocenters. The molecule has 0 fully saturated rings. The number of nitrogens with zero attached hydrogens (tertiary/aromatic N) is 2. The van der Waals surface area contributed by atoms with Gasteiger partial charge in [0.2, 0.25) is 0 Å². The highest BCUT2D eigenvalue weighted by atomic mass is 32.1. The van der Waals surface area contributed by atoms with Gasteiger partial charge in [0.15, 0.2) is 0 Å². The van der Waals surface area contributed by atoms with E-state index in [9.17, 15) is 0 Å². The number of aryl methyl sites for hydroxylation is 2. The Balaban J connectivity index is 1.55. The van der Waals surface area contributed by atoms with Gasteiger partial charge in [0.25, 0.3) is 0 Å². The van der Waals surface area contributed by atoms with Gasteiger partial charge >= 0.3 is 0 Å². The van der Waals surface area contributed by atoms with Gasteiger partial charge in [-0.25, -0.2) is 0 Å². The van der Waals surface area contributed by atoms with Crippen LogP contribution in [-0.2, 0) is 0 Å². The second kappa shape index (κ2) is 8.46. The summed E-state index contributed by atoms with van der Waals surface area (Å²) in [5.41, 5.74) is 4.00. The lowest BCUT2D eigenvalue weighted by atomic mass is 10.1. The summed E-state index contributed by atoms with van der Waals surface area (Å²) in [6.07, 6.45) is 12.2. The SMILES string of the molecule is Cc1ccc(/C=C/c2ccnc(-c3cc(/C=C/c4ccc(C)s4)ccn3)c2)s1. The van der Waals surface area contributed by atoms with Crippen LogP contribution in [0.5, 0.6) is 0 Å². The van der Waals surface area contributed by atoms with Crippen molar-refractivity contribution in [1.82, 2.24) is 9.97 Å². The van der Waals surface area contributed by atoms with Gasteiger partial charge in [0, 0.05) is 31.9 Å². The van der Waals surface area contributed by atoms with Crippen molar-refractivity contribution in [2.24, 2.45) is 0 Å².